The molecule has 0 saturated carbocycles. The first kappa shape index (κ1) is 49.7. The first-order valence-corrected chi connectivity index (χ1v) is 21.5. The van der Waals surface area contributed by atoms with E-state index in [1.807, 2.05) is 27.2 Å². The number of allylic oxidation sites excluding steroid dienone is 13. The van der Waals surface area contributed by atoms with Crippen LogP contribution in [0.2, 0.25) is 0 Å². The number of hydrogen-bond acceptors (Lipinski definition) is 5. The number of amides is 1. The molecular weight excluding hydrogens is 671 g/mol. The fraction of sp³-hybridized carbons (Fsp3) is 0.651. The molecule has 52 heavy (non-hydrogen) atoms. The van der Waals surface area contributed by atoms with E-state index in [4.69, 9.17) is 9.05 Å². The zero-order valence-corrected chi connectivity index (χ0v) is 34.4. The number of rotatable bonds is 34. The van der Waals surface area contributed by atoms with Crippen molar-refractivity contribution in [3.8, 4) is 0 Å². The number of phosphoric ester groups is 1. The summed E-state index contributed by atoms with van der Waals surface area (Å²) in [7, 11) is 1.52. The number of nitrogens with one attached hydrogen (secondary N) is 1. The van der Waals surface area contributed by atoms with Crippen molar-refractivity contribution in [1.29, 1.82) is 0 Å². The Morgan fingerprint density at radius 3 is 1.77 bits per heavy atom. The van der Waals surface area contributed by atoms with Crippen molar-refractivity contribution >= 4 is 13.7 Å². The van der Waals surface area contributed by atoms with Crippen LogP contribution < -0.4 is 5.32 Å². The Morgan fingerprint density at radius 1 is 0.673 bits per heavy atom. The van der Waals surface area contributed by atoms with Gasteiger partial charge in [-0.3, -0.25) is 13.8 Å². The third kappa shape index (κ3) is 36.1. The molecule has 0 aliphatic heterocycles. The van der Waals surface area contributed by atoms with Gasteiger partial charge in [-0.1, -0.05) is 131 Å². The molecule has 0 fully saturated rings. The lowest BCUT2D eigenvalue weighted by molar-refractivity contribution is -0.870. The molecule has 0 aromatic rings. The zero-order valence-electron chi connectivity index (χ0n) is 33.5. The fourth-order valence-corrected chi connectivity index (χ4v) is 5.64. The standard InChI is InChI=1S/C43H75N2O6P/c1-6-8-10-12-14-16-17-18-19-20-21-22-23-24-25-26-27-29-31-33-35-37-43(47)44-41(40-51-52(48,49)50-39-38-45(3,4)5)42(46)36-34-32-30-28-15-13-11-9-7-2/h8,10,14-16,18-19,21-22,24-25,28,34,36,41-42,46H,6-7,9,11-13,17,20,23,26-27,29-33,35,37-40H2,1-5H3,(H-,44,47,48,49)/p+1/b10-8-,16-14-,19-18-,22-21-,25-24-,28-15+,36-34+. The monoisotopic (exact) mass is 748 g/mol. The van der Waals surface area contributed by atoms with E-state index in [0.717, 1.165) is 89.9 Å². The van der Waals surface area contributed by atoms with Gasteiger partial charge in [-0.15, -0.1) is 0 Å². The number of unbranched alkanes of at least 4 members (excludes halogenated alkanes) is 9. The van der Waals surface area contributed by atoms with Crippen LogP contribution in [0.4, 0.5) is 0 Å². The van der Waals surface area contributed by atoms with Gasteiger partial charge in [-0.25, -0.2) is 4.57 Å². The number of carbonyl (C=O) groups is 1. The lowest BCUT2D eigenvalue weighted by atomic mass is 10.1. The van der Waals surface area contributed by atoms with Crippen molar-refractivity contribution in [3.63, 3.8) is 0 Å². The summed E-state index contributed by atoms with van der Waals surface area (Å²) in [6.45, 7) is 4.57. The maximum Gasteiger partial charge on any atom is 0.472 e. The van der Waals surface area contributed by atoms with E-state index in [0.29, 0.717) is 17.4 Å². The number of hydrogen-bond donors (Lipinski definition) is 3. The van der Waals surface area contributed by atoms with Crippen LogP contribution in [0.25, 0.3) is 0 Å². The first-order valence-electron chi connectivity index (χ1n) is 20.0. The van der Waals surface area contributed by atoms with Gasteiger partial charge in [-0.05, 0) is 77.0 Å². The van der Waals surface area contributed by atoms with Gasteiger partial charge >= 0.3 is 7.82 Å². The molecule has 3 unspecified atom stereocenters. The zero-order chi connectivity index (χ0) is 38.6. The largest absolute Gasteiger partial charge is 0.472 e. The van der Waals surface area contributed by atoms with E-state index in [-0.39, 0.29) is 19.1 Å². The van der Waals surface area contributed by atoms with Crippen LogP contribution in [0.1, 0.15) is 129 Å². The summed E-state index contributed by atoms with van der Waals surface area (Å²) in [6.07, 6.45) is 46.6. The lowest BCUT2D eigenvalue weighted by Gasteiger charge is -2.25. The summed E-state index contributed by atoms with van der Waals surface area (Å²) < 4.78 is 23.4. The molecule has 3 atom stereocenters. The van der Waals surface area contributed by atoms with Crippen LogP contribution in [0.15, 0.2) is 85.1 Å². The quantitative estimate of drug-likeness (QED) is 0.0262. The maximum absolute atomic E-state index is 12.8. The number of likely N-dealkylation sites (N-methyl/N-ethyl adjacent to an activating group) is 1. The van der Waals surface area contributed by atoms with Crippen molar-refractivity contribution in [2.45, 2.75) is 142 Å². The highest BCUT2D eigenvalue weighted by molar-refractivity contribution is 7.47. The van der Waals surface area contributed by atoms with Gasteiger partial charge in [-0.2, -0.15) is 0 Å². The molecule has 9 heteroatoms. The Balaban J connectivity index is 4.46. The van der Waals surface area contributed by atoms with Gasteiger partial charge in [0.15, 0.2) is 0 Å². The van der Waals surface area contributed by atoms with Crippen molar-refractivity contribution in [1.82, 2.24) is 5.32 Å². The molecule has 0 aromatic carbocycles. The Hall–Kier alpha value is -2.32. The highest BCUT2D eigenvalue weighted by atomic mass is 31.2. The molecule has 0 aliphatic rings. The average Bonchev–Trinajstić information content (AvgIpc) is 3.09. The van der Waals surface area contributed by atoms with Crippen molar-refractivity contribution in [2.75, 3.05) is 40.9 Å². The van der Waals surface area contributed by atoms with E-state index in [1.54, 1.807) is 6.08 Å². The number of quaternary nitrogens is 1. The summed E-state index contributed by atoms with van der Waals surface area (Å²) in [4.78, 5) is 23.0. The van der Waals surface area contributed by atoms with Gasteiger partial charge in [0.05, 0.1) is 39.9 Å². The predicted molar refractivity (Wildman–Crippen MR) is 221 cm³/mol. The summed E-state index contributed by atoms with van der Waals surface area (Å²) in [5.74, 6) is -0.214. The molecule has 3 N–H and O–H groups in total. The van der Waals surface area contributed by atoms with Gasteiger partial charge in [0.25, 0.3) is 0 Å². The van der Waals surface area contributed by atoms with Crippen LogP contribution in [-0.2, 0) is 18.4 Å². The van der Waals surface area contributed by atoms with Crippen molar-refractivity contribution in [3.05, 3.63) is 85.1 Å². The van der Waals surface area contributed by atoms with E-state index in [1.165, 1.54) is 19.3 Å². The second-order valence-electron chi connectivity index (χ2n) is 14.3. The molecule has 8 nitrogen and oxygen atoms in total. The molecule has 0 aliphatic carbocycles. The number of phosphoric acid groups is 1. The topological polar surface area (TPSA) is 105 Å². The van der Waals surface area contributed by atoms with Gasteiger partial charge in [0.2, 0.25) is 5.91 Å². The SMILES string of the molecule is CC/C=C\C/C=C\C/C=C\C/C=C\C/C=C\CCCCCCCC(=O)NC(COP(=O)(O)OCC[N+](C)(C)C)C(O)/C=C/CC/C=C/CCCCC. The molecule has 298 valence electrons. The summed E-state index contributed by atoms with van der Waals surface area (Å²) in [5.41, 5.74) is 0. The van der Waals surface area contributed by atoms with Crippen LogP contribution in [0.3, 0.4) is 0 Å². The van der Waals surface area contributed by atoms with E-state index < -0.39 is 20.0 Å². The summed E-state index contributed by atoms with van der Waals surface area (Å²) in [6, 6.07) is -0.876. The third-order valence-electron chi connectivity index (χ3n) is 8.10. The number of carbonyl (C=O) groups excluding carboxylic acids is 1. The minimum atomic E-state index is -4.35. The minimum absolute atomic E-state index is 0.0467. The smallest absolute Gasteiger partial charge is 0.387 e. The first-order chi connectivity index (χ1) is 25.0. The van der Waals surface area contributed by atoms with Crippen LogP contribution >= 0.6 is 7.82 Å². The van der Waals surface area contributed by atoms with Gasteiger partial charge in [0, 0.05) is 6.42 Å². The third-order valence-corrected chi connectivity index (χ3v) is 9.08. The second-order valence-corrected chi connectivity index (χ2v) is 15.7. The fourth-order valence-electron chi connectivity index (χ4n) is 4.90. The molecule has 0 spiro atoms. The Kier molecular flexibility index (Phi) is 32.9. The molecule has 1 amide bonds. The highest BCUT2D eigenvalue weighted by Gasteiger charge is 2.27. The van der Waals surface area contributed by atoms with Gasteiger partial charge in [0.1, 0.15) is 13.2 Å². The van der Waals surface area contributed by atoms with E-state index in [2.05, 4.69) is 92.1 Å². The number of aliphatic hydroxyl groups is 1. The number of aliphatic hydroxyl groups excluding tert-OH is 1. The minimum Gasteiger partial charge on any atom is -0.387 e. The Labute approximate surface area is 318 Å². The molecule has 0 saturated heterocycles. The van der Waals surface area contributed by atoms with Crippen LogP contribution in [0, 0.1) is 0 Å². The van der Waals surface area contributed by atoms with Crippen LogP contribution in [0.5, 0.6) is 0 Å². The summed E-state index contributed by atoms with van der Waals surface area (Å²) >= 11 is 0. The van der Waals surface area contributed by atoms with Crippen molar-refractivity contribution in [2.24, 2.45) is 0 Å². The predicted octanol–water partition coefficient (Wildman–Crippen LogP) is 10.6. The molecule has 0 aromatic heterocycles. The Bertz CT molecular complexity index is 1120. The van der Waals surface area contributed by atoms with E-state index in [9.17, 15) is 19.4 Å². The van der Waals surface area contributed by atoms with Gasteiger partial charge < -0.3 is 19.8 Å². The summed E-state index contributed by atoms with van der Waals surface area (Å²) in [5, 5.41) is 13.7. The lowest BCUT2D eigenvalue weighted by Crippen LogP contribution is -2.45. The normalized spacial score (nSPS) is 15.4. The van der Waals surface area contributed by atoms with Crippen molar-refractivity contribution < 1.29 is 32.9 Å². The Morgan fingerprint density at radius 2 is 1.17 bits per heavy atom. The second kappa shape index (κ2) is 34.4. The number of nitrogens with zero attached hydrogens (tertiary/aromatic N) is 1. The molecular formula is C43H76N2O6P+. The van der Waals surface area contributed by atoms with E-state index >= 15 is 0 Å². The maximum atomic E-state index is 12.8. The average molecular weight is 748 g/mol. The molecule has 0 heterocycles. The van der Waals surface area contributed by atoms with Crippen LogP contribution in [-0.4, -0.2) is 73.4 Å². The molecule has 0 rings (SSSR count). The molecule has 0 bridgehead atoms. The highest BCUT2D eigenvalue weighted by Crippen LogP contribution is 2.43. The molecule has 0 radical (unpaired) electrons.